The summed E-state index contributed by atoms with van der Waals surface area (Å²) < 4.78 is 11.2. The van der Waals surface area contributed by atoms with E-state index in [4.69, 9.17) is 20.2 Å². The maximum Gasteiger partial charge on any atom is 0.134 e. The summed E-state index contributed by atoms with van der Waals surface area (Å²) in [7, 11) is 6.95. The minimum absolute atomic E-state index is 0.614. The molecule has 2 aromatic rings. The molecule has 0 aliphatic rings. The Morgan fingerprint density at radius 3 is 2.50 bits per heavy atom. The highest BCUT2D eigenvalue weighted by Gasteiger charge is 2.06. The van der Waals surface area contributed by atoms with Crippen molar-refractivity contribution in [3.8, 4) is 17.2 Å². The Morgan fingerprint density at radius 1 is 1.06 bits per heavy atom. The van der Waals surface area contributed by atoms with Crippen molar-refractivity contribution in [1.29, 1.82) is 0 Å². The van der Waals surface area contributed by atoms with Gasteiger partial charge in [0.25, 0.3) is 0 Å². The van der Waals surface area contributed by atoms with Gasteiger partial charge in [0.05, 0.1) is 11.5 Å². The fraction of sp³-hybridized carbons (Fsp3) is 0.143. The van der Waals surface area contributed by atoms with Crippen LogP contribution in [0.1, 0.15) is 6.92 Å². The van der Waals surface area contributed by atoms with Crippen molar-refractivity contribution >= 4 is 21.7 Å². The first-order valence-corrected chi connectivity index (χ1v) is 7.26. The molecule has 4 heteroatoms. The molecule has 2 aromatic carbocycles. The lowest BCUT2D eigenvalue weighted by atomic mass is 10.3. The highest BCUT2D eigenvalue weighted by Crippen LogP contribution is 2.36. The number of benzene rings is 2. The van der Waals surface area contributed by atoms with E-state index in [0.29, 0.717) is 6.61 Å². The van der Waals surface area contributed by atoms with Crippen molar-refractivity contribution < 1.29 is 9.47 Å². The van der Waals surface area contributed by atoms with Gasteiger partial charge in [-0.2, -0.15) is 0 Å². The standard InChI is InChI=1S/C14H13ClO2S/c1-2-16-13-9-8-12(10-14(13)18-15)17-11-6-4-3-5-7-11/h3-10H,2H2,1H3. The predicted octanol–water partition coefficient (Wildman–Crippen LogP) is 5.12. The molecular formula is C14H13ClO2S. The molecule has 0 amide bonds. The number of rotatable bonds is 5. The van der Waals surface area contributed by atoms with Crippen LogP contribution in [-0.2, 0) is 0 Å². The van der Waals surface area contributed by atoms with Gasteiger partial charge in [-0.25, -0.2) is 0 Å². The number of hydrogen-bond acceptors (Lipinski definition) is 3. The normalized spacial score (nSPS) is 10.1. The van der Waals surface area contributed by atoms with Crippen LogP contribution < -0.4 is 9.47 Å². The van der Waals surface area contributed by atoms with Gasteiger partial charge in [0, 0.05) is 0 Å². The zero-order valence-electron chi connectivity index (χ0n) is 9.93. The van der Waals surface area contributed by atoms with Gasteiger partial charge in [-0.15, -0.1) is 0 Å². The lowest BCUT2D eigenvalue weighted by Gasteiger charge is -2.10. The van der Waals surface area contributed by atoms with Crippen molar-refractivity contribution in [1.82, 2.24) is 0 Å². The quantitative estimate of drug-likeness (QED) is 0.757. The Bertz CT molecular complexity index is 502. The number of hydrogen-bond donors (Lipinski definition) is 0. The van der Waals surface area contributed by atoms with Gasteiger partial charge >= 0.3 is 0 Å². The minimum atomic E-state index is 0.614. The van der Waals surface area contributed by atoms with Crippen LogP contribution in [0.2, 0.25) is 0 Å². The first kappa shape index (κ1) is 13.1. The van der Waals surface area contributed by atoms with E-state index in [2.05, 4.69) is 0 Å². The predicted molar refractivity (Wildman–Crippen MR) is 75.8 cm³/mol. The van der Waals surface area contributed by atoms with Crippen molar-refractivity contribution in [2.45, 2.75) is 11.8 Å². The Morgan fingerprint density at radius 2 is 1.83 bits per heavy atom. The lowest BCUT2D eigenvalue weighted by molar-refractivity contribution is 0.331. The van der Waals surface area contributed by atoms with Crippen LogP contribution in [0, 0.1) is 0 Å². The molecule has 94 valence electrons. The maximum atomic E-state index is 5.82. The second kappa shape index (κ2) is 6.57. The number of halogens is 1. The first-order chi connectivity index (χ1) is 8.83. The summed E-state index contributed by atoms with van der Waals surface area (Å²) in [6, 6.07) is 15.2. The molecule has 0 spiro atoms. The van der Waals surface area contributed by atoms with Crippen LogP contribution in [0.15, 0.2) is 53.4 Å². The van der Waals surface area contributed by atoms with Gasteiger partial charge in [0.15, 0.2) is 0 Å². The summed E-state index contributed by atoms with van der Waals surface area (Å²) >= 11 is 0. The fourth-order valence-electron chi connectivity index (χ4n) is 1.51. The van der Waals surface area contributed by atoms with Gasteiger partial charge in [-0.1, -0.05) is 18.2 Å². The highest BCUT2D eigenvalue weighted by molar-refractivity contribution is 8.21. The minimum Gasteiger partial charge on any atom is -0.493 e. The second-order valence-electron chi connectivity index (χ2n) is 3.53. The maximum absolute atomic E-state index is 5.82. The molecule has 0 bridgehead atoms. The fourth-order valence-corrected chi connectivity index (χ4v) is 2.24. The summed E-state index contributed by atoms with van der Waals surface area (Å²) in [5.41, 5.74) is 0. The Balaban J connectivity index is 2.19. The van der Waals surface area contributed by atoms with Gasteiger partial charge < -0.3 is 9.47 Å². The molecule has 0 aromatic heterocycles. The molecule has 0 aliphatic heterocycles. The number of ether oxygens (including phenoxy) is 2. The molecule has 0 unspecified atom stereocenters. The SMILES string of the molecule is CCOc1ccc(Oc2ccccc2)cc1SCl. The smallest absolute Gasteiger partial charge is 0.134 e. The Hall–Kier alpha value is -1.32. The summed E-state index contributed by atoms with van der Waals surface area (Å²) in [6.07, 6.45) is 0. The molecule has 0 saturated heterocycles. The van der Waals surface area contributed by atoms with Crippen LogP contribution in [0.5, 0.6) is 17.2 Å². The third kappa shape index (κ3) is 3.34. The van der Waals surface area contributed by atoms with E-state index in [1.54, 1.807) is 0 Å². The Labute approximate surface area is 115 Å². The van der Waals surface area contributed by atoms with Crippen LogP contribution in [-0.4, -0.2) is 6.61 Å². The monoisotopic (exact) mass is 280 g/mol. The Kier molecular flexibility index (Phi) is 4.79. The number of para-hydroxylation sites is 1. The molecule has 0 atom stereocenters. The van der Waals surface area contributed by atoms with Gasteiger partial charge in [-0.05, 0) is 58.9 Å². The van der Waals surface area contributed by atoms with Crippen LogP contribution in [0.25, 0.3) is 0 Å². The van der Waals surface area contributed by atoms with Gasteiger partial charge in [0.2, 0.25) is 0 Å². The van der Waals surface area contributed by atoms with Gasteiger partial charge in [-0.3, -0.25) is 0 Å². The third-order valence-electron chi connectivity index (χ3n) is 2.28. The molecule has 2 nitrogen and oxygen atoms in total. The molecule has 0 radical (unpaired) electrons. The summed E-state index contributed by atoms with van der Waals surface area (Å²) in [5.74, 6) is 2.32. The van der Waals surface area contributed by atoms with E-state index in [9.17, 15) is 0 Å². The third-order valence-corrected chi connectivity index (χ3v) is 3.26. The van der Waals surface area contributed by atoms with Crippen molar-refractivity contribution in [2.24, 2.45) is 0 Å². The van der Waals surface area contributed by atoms with Crippen molar-refractivity contribution in [2.75, 3.05) is 6.61 Å². The zero-order valence-corrected chi connectivity index (χ0v) is 11.5. The summed E-state index contributed by atoms with van der Waals surface area (Å²) in [6.45, 7) is 2.56. The van der Waals surface area contributed by atoms with E-state index in [-0.39, 0.29) is 0 Å². The molecule has 0 fully saturated rings. The van der Waals surface area contributed by atoms with E-state index < -0.39 is 0 Å². The van der Waals surface area contributed by atoms with E-state index in [1.165, 1.54) is 0 Å². The topological polar surface area (TPSA) is 18.5 Å². The lowest BCUT2D eigenvalue weighted by Crippen LogP contribution is -1.93. The van der Waals surface area contributed by atoms with Crippen LogP contribution in [0.4, 0.5) is 0 Å². The first-order valence-electron chi connectivity index (χ1n) is 5.62. The average Bonchev–Trinajstić information content (AvgIpc) is 2.42. The molecule has 0 saturated carbocycles. The molecule has 0 heterocycles. The summed E-state index contributed by atoms with van der Waals surface area (Å²) in [4.78, 5) is 0.854. The van der Waals surface area contributed by atoms with E-state index in [0.717, 1.165) is 33.1 Å². The molecule has 0 aliphatic carbocycles. The van der Waals surface area contributed by atoms with E-state index in [1.807, 2.05) is 55.5 Å². The average molecular weight is 281 g/mol. The zero-order chi connectivity index (χ0) is 12.8. The molecular weight excluding hydrogens is 268 g/mol. The van der Waals surface area contributed by atoms with Crippen LogP contribution in [0.3, 0.4) is 0 Å². The highest BCUT2D eigenvalue weighted by atomic mass is 35.7. The second-order valence-corrected chi connectivity index (χ2v) is 4.59. The van der Waals surface area contributed by atoms with Gasteiger partial charge in [0.1, 0.15) is 17.2 Å². The molecule has 18 heavy (non-hydrogen) atoms. The molecule has 2 rings (SSSR count). The van der Waals surface area contributed by atoms with Crippen LogP contribution >= 0.6 is 21.7 Å². The molecule has 0 N–H and O–H groups in total. The van der Waals surface area contributed by atoms with Crippen molar-refractivity contribution in [3.05, 3.63) is 48.5 Å². The van der Waals surface area contributed by atoms with E-state index >= 15 is 0 Å². The summed E-state index contributed by atoms with van der Waals surface area (Å²) in [5, 5.41) is 0. The largest absolute Gasteiger partial charge is 0.493 e. The van der Waals surface area contributed by atoms with Crippen molar-refractivity contribution in [3.63, 3.8) is 0 Å².